The number of rotatable bonds is 7. The zero-order valence-electron chi connectivity index (χ0n) is 21.9. The molecule has 4 N–H and O–H groups in total. The Bertz CT molecular complexity index is 1620. The van der Waals surface area contributed by atoms with Crippen LogP contribution < -0.4 is 16.0 Å². The molecule has 0 aliphatic heterocycles. The maximum atomic E-state index is 12.5. The number of amides is 1. The van der Waals surface area contributed by atoms with Crippen molar-refractivity contribution in [3.8, 4) is 0 Å². The number of fused-ring (bicyclic) bond motifs is 2. The molecule has 1 amide bonds. The van der Waals surface area contributed by atoms with Gasteiger partial charge in [-0.1, -0.05) is 37.3 Å². The second-order valence-electron chi connectivity index (χ2n) is 10.2. The first-order valence-electron chi connectivity index (χ1n) is 13.4. The van der Waals surface area contributed by atoms with Gasteiger partial charge in [-0.2, -0.15) is 10.2 Å². The highest BCUT2D eigenvalue weighted by molar-refractivity contribution is 5.93. The summed E-state index contributed by atoms with van der Waals surface area (Å²) >= 11 is 0. The molecule has 0 saturated heterocycles. The first-order valence-corrected chi connectivity index (χ1v) is 13.4. The Morgan fingerprint density at radius 3 is 2.67 bits per heavy atom. The van der Waals surface area contributed by atoms with Crippen molar-refractivity contribution in [3.05, 3.63) is 78.4 Å². The highest BCUT2D eigenvalue weighted by Gasteiger charge is 2.32. The van der Waals surface area contributed by atoms with Crippen LogP contribution in [-0.2, 0) is 13.0 Å². The summed E-state index contributed by atoms with van der Waals surface area (Å²) in [7, 11) is 0. The Labute approximate surface area is 226 Å². The maximum absolute atomic E-state index is 12.5. The van der Waals surface area contributed by atoms with E-state index in [4.69, 9.17) is 5.73 Å². The molecule has 3 heterocycles. The summed E-state index contributed by atoms with van der Waals surface area (Å²) in [6.07, 6.45) is 7.97. The predicted molar refractivity (Wildman–Crippen MR) is 152 cm³/mol. The molecule has 1 aliphatic carbocycles. The molecule has 2 aromatic carbocycles. The number of aryl methyl sites for hydroxylation is 1. The standard InChI is InChI=1S/C29H32N8O2/c1-2-24-26(37(29(38)39)23-11-8-21(30)9-12-23)17-36-27(24)28(31-18-33-36)34-22-10-13-25-20(14-22)15-32-35(25)16-19-6-4-3-5-7-19/h3-7,10,13-15,17-18,21,23H,2,8-9,11-12,16,30H2,1H3,(H,38,39)(H,31,33,34). The van der Waals surface area contributed by atoms with Gasteiger partial charge in [-0.15, -0.1) is 0 Å². The quantitative estimate of drug-likeness (QED) is 0.267. The molecule has 10 nitrogen and oxygen atoms in total. The molecule has 0 atom stereocenters. The molecule has 0 radical (unpaired) electrons. The van der Waals surface area contributed by atoms with Crippen LogP contribution in [-0.4, -0.2) is 47.7 Å². The number of carboxylic acid groups (broad SMARTS) is 1. The monoisotopic (exact) mass is 524 g/mol. The number of hydrogen-bond acceptors (Lipinski definition) is 6. The van der Waals surface area contributed by atoms with Crippen LogP contribution in [0.15, 0.2) is 67.3 Å². The molecule has 10 heteroatoms. The third-order valence-corrected chi connectivity index (χ3v) is 7.66. The van der Waals surface area contributed by atoms with E-state index in [1.165, 1.54) is 16.8 Å². The van der Waals surface area contributed by atoms with Gasteiger partial charge >= 0.3 is 6.09 Å². The van der Waals surface area contributed by atoms with Gasteiger partial charge in [0, 0.05) is 28.7 Å². The summed E-state index contributed by atoms with van der Waals surface area (Å²) in [5, 5.41) is 23.7. The number of nitrogens with two attached hydrogens (primary N) is 1. The molecule has 6 rings (SSSR count). The number of nitrogens with one attached hydrogen (secondary N) is 1. The molecule has 39 heavy (non-hydrogen) atoms. The molecule has 0 bridgehead atoms. The molecule has 0 spiro atoms. The largest absolute Gasteiger partial charge is 0.465 e. The highest BCUT2D eigenvalue weighted by atomic mass is 16.4. The van der Waals surface area contributed by atoms with Crippen molar-refractivity contribution in [2.45, 2.75) is 57.7 Å². The van der Waals surface area contributed by atoms with E-state index in [1.807, 2.05) is 48.1 Å². The van der Waals surface area contributed by atoms with Crippen LogP contribution in [0.4, 0.5) is 22.0 Å². The number of nitrogens with zero attached hydrogens (tertiary/aromatic N) is 6. The lowest BCUT2D eigenvalue weighted by Gasteiger charge is -2.34. The molecule has 1 fully saturated rings. The lowest BCUT2D eigenvalue weighted by atomic mass is 9.90. The molecular weight excluding hydrogens is 492 g/mol. The Morgan fingerprint density at radius 1 is 1.13 bits per heavy atom. The van der Waals surface area contributed by atoms with E-state index >= 15 is 0 Å². The van der Waals surface area contributed by atoms with E-state index in [0.29, 0.717) is 24.5 Å². The molecule has 1 saturated carbocycles. The zero-order chi connectivity index (χ0) is 26.9. The van der Waals surface area contributed by atoms with Gasteiger partial charge in [0.05, 0.1) is 30.1 Å². The summed E-state index contributed by atoms with van der Waals surface area (Å²) < 4.78 is 3.72. The normalized spacial score (nSPS) is 17.5. The molecule has 5 aromatic rings. The highest BCUT2D eigenvalue weighted by Crippen LogP contribution is 2.36. The van der Waals surface area contributed by atoms with Gasteiger partial charge in [-0.3, -0.25) is 9.58 Å². The number of hydrogen-bond donors (Lipinski definition) is 3. The van der Waals surface area contributed by atoms with Crippen LogP contribution in [0.1, 0.15) is 43.7 Å². The van der Waals surface area contributed by atoms with Gasteiger partial charge in [-0.05, 0) is 55.9 Å². The summed E-state index contributed by atoms with van der Waals surface area (Å²) in [5.41, 5.74) is 11.5. The maximum Gasteiger partial charge on any atom is 0.412 e. The van der Waals surface area contributed by atoms with Gasteiger partial charge in [-0.25, -0.2) is 14.3 Å². The smallest absolute Gasteiger partial charge is 0.412 e. The van der Waals surface area contributed by atoms with Crippen LogP contribution in [0, 0.1) is 0 Å². The van der Waals surface area contributed by atoms with Gasteiger partial charge in [0.2, 0.25) is 0 Å². The van der Waals surface area contributed by atoms with E-state index < -0.39 is 6.09 Å². The molecular formula is C29H32N8O2. The summed E-state index contributed by atoms with van der Waals surface area (Å²) in [5.74, 6) is 0.625. The second-order valence-corrected chi connectivity index (χ2v) is 10.2. The van der Waals surface area contributed by atoms with Crippen molar-refractivity contribution in [2.24, 2.45) is 5.73 Å². The SMILES string of the molecule is CCc1c(N(C(=O)O)C2CCC(N)CC2)cn2ncnc(Nc3ccc4c(cnn4Cc4ccccc4)c3)c12. The molecule has 3 aromatic heterocycles. The molecule has 0 unspecified atom stereocenters. The van der Waals surface area contributed by atoms with E-state index in [-0.39, 0.29) is 12.1 Å². The van der Waals surface area contributed by atoms with Crippen LogP contribution in [0.5, 0.6) is 0 Å². The number of anilines is 3. The van der Waals surface area contributed by atoms with Crippen molar-refractivity contribution < 1.29 is 9.90 Å². The fourth-order valence-electron chi connectivity index (χ4n) is 5.71. The minimum absolute atomic E-state index is 0.107. The van der Waals surface area contributed by atoms with E-state index in [0.717, 1.165) is 53.4 Å². The van der Waals surface area contributed by atoms with Crippen molar-refractivity contribution in [1.82, 2.24) is 24.4 Å². The van der Waals surface area contributed by atoms with E-state index in [9.17, 15) is 9.90 Å². The molecule has 200 valence electrons. The molecule has 1 aliphatic rings. The summed E-state index contributed by atoms with van der Waals surface area (Å²) in [4.78, 5) is 18.5. The second kappa shape index (κ2) is 10.4. The van der Waals surface area contributed by atoms with Gasteiger partial charge < -0.3 is 16.2 Å². The van der Waals surface area contributed by atoms with Crippen LogP contribution in [0.3, 0.4) is 0 Å². The lowest BCUT2D eigenvalue weighted by Crippen LogP contribution is -2.44. The summed E-state index contributed by atoms with van der Waals surface area (Å²) in [6, 6.07) is 16.4. The minimum atomic E-state index is -0.957. The van der Waals surface area contributed by atoms with Crippen molar-refractivity contribution in [3.63, 3.8) is 0 Å². The van der Waals surface area contributed by atoms with E-state index in [2.05, 4.69) is 38.7 Å². The Kier molecular flexibility index (Phi) is 6.62. The minimum Gasteiger partial charge on any atom is -0.465 e. The van der Waals surface area contributed by atoms with Gasteiger partial charge in [0.25, 0.3) is 0 Å². The first kappa shape index (κ1) is 24.9. The van der Waals surface area contributed by atoms with Crippen LogP contribution in [0.2, 0.25) is 0 Å². The lowest BCUT2D eigenvalue weighted by molar-refractivity contribution is 0.195. The van der Waals surface area contributed by atoms with Crippen molar-refractivity contribution in [2.75, 3.05) is 10.2 Å². The van der Waals surface area contributed by atoms with Gasteiger partial charge in [0.15, 0.2) is 5.82 Å². The average molecular weight is 525 g/mol. The summed E-state index contributed by atoms with van der Waals surface area (Å²) in [6.45, 7) is 2.73. The van der Waals surface area contributed by atoms with E-state index in [1.54, 1.807) is 10.7 Å². The third kappa shape index (κ3) is 4.79. The Morgan fingerprint density at radius 2 is 1.92 bits per heavy atom. The Hall–Kier alpha value is -4.44. The Balaban J connectivity index is 1.33. The zero-order valence-corrected chi connectivity index (χ0v) is 21.9. The number of benzene rings is 2. The predicted octanol–water partition coefficient (Wildman–Crippen LogP) is 5.19. The topological polar surface area (TPSA) is 127 Å². The number of carbonyl (C=O) groups is 1. The average Bonchev–Trinajstić information content (AvgIpc) is 3.51. The fraction of sp³-hybridized carbons (Fsp3) is 0.310. The van der Waals surface area contributed by atoms with Crippen LogP contribution >= 0.6 is 0 Å². The fourth-order valence-corrected chi connectivity index (χ4v) is 5.71. The van der Waals surface area contributed by atoms with Crippen molar-refractivity contribution >= 4 is 39.7 Å². The van der Waals surface area contributed by atoms with Gasteiger partial charge in [0.1, 0.15) is 11.8 Å². The van der Waals surface area contributed by atoms with Crippen LogP contribution in [0.25, 0.3) is 16.4 Å². The first-order chi connectivity index (χ1) is 19.0. The van der Waals surface area contributed by atoms with Crippen molar-refractivity contribution in [1.29, 1.82) is 0 Å². The number of aromatic nitrogens is 5. The third-order valence-electron chi connectivity index (χ3n) is 7.66.